The van der Waals surface area contributed by atoms with Crippen LogP contribution >= 0.6 is 43.2 Å². The summed E-state index contributed by atoms with van der Waals surface area (Å²) in [5, 5.41) is 15.1. The summed E-state index contributed by atoms with van der Waals surface area (Å²) >= 11 is 7.99. The van der Waals surface area contributed by atoms with Crippen molar-refractivity contribution in [2.24, 2.45) is 0 Å². The van der Waals surface area contributed by atoms with Gasteiger partial charge in [-0.1, -0.05) is 6.07 Å². The average molecular weight is 493 g/mol. The van der Waals surface area contributed by atoms with Crippen molar-refractivity contribution in [3.63, 3.8) is 0 Å². The van der Waals surface area contributed by atoms with E-state index in [1.807, 2.05) is 23.6 Å². The van der Waals surface area contributed by atoms with Crippen molar-refractivity contribution in [2.45, 2.75) is 0 Å². The molecule has 4 N–H and O–H groups in total. The zero-order valence-electron chi connectivity index (χ0n) is 13.1. The molecule has 0 saturated heterocycles. The number of nitrogen functional groups attached to an aromatic ring is 1. The van der Waals surface area contributed by atoms with Crippen LogP contribution in [0, 0.1) is 0 Å². The second kappa shape index (κ2) is 6.53. The number of anilines is 2. The van der Waals surface area contributed by atoms with E-state index in [0.29, 0.717) is 19.7 Å². The lowest BCUT2D eigenvalue weighted by Gasteiger charge is -2.05. The molecule has 3 aromatic rings. The van der Waals surface area contributed by atoms with Crippen molar-refractivity contribution in [1.82, 2.24) is 4.98 Å². The van der Waals surface area contributed by atoms with Crippen LogP contribution in [-0.4, -0.2) is 16.0 Å². The van der Waals surface area contributed by atoms with E-state index < -0.39 is 0 Å². The van der Waals surface area contributed by atoms with Gasteiger partial charge in [0.05, 0.1) is 14.6 Å². The van der Waals surface area contributed by atoms with Gasteiger partial charge < -0.3 is 16.2 Å². The number of carbonyl (C=O) groups is 1. The number of carbonyl (C=O) groups excluding carboxylic acids is 1. The van der Waals surface area contributed by atoms with E-state index in [9.17, 15) is 9.90 Å². The molecule has 0 spiro atoms. The maximum Gasteiger partial charge on any atom is 0.256 e. The maximum absolute atomic E-state index is 12.4. The van der Waals surface area contributed by atoms with Crippen molar-refractivity contribution < 1.29 is 9.90 Å². The molecule has 2 heterocycles. The molecular weight excluding hydrogens is 482 g/mol. The van der Waals surface area contributed by atoms with E-state index in [2.05, 4.69) is 42.2 Å². The minimum Gasteiger partial charge on any atom is -0.506 e. The molecule has 0 fully saturated rings. The molecule has 0 aliphatic carbocycles. The van der Waals surface area contributed by atoms with Crippen LogP contribution in [0.1, 0.15) is 11.1 Å². The summed E-state index contributed by atoms with van der Waals surface area (Å²) in [6, 6.07) is 9.20. The van der Waals surface area contributed by atoms with Gasteiger partial charge in [-0.05, 0) is 67.8 Å². The Labute approximate surface area is 169 Å². The van der Waals surface area contributed by atoms with Crippen molar-refractivity contribution in [3.8, 4) is 17.0 Å². The highest BCUT2D eigenvalue weighted by Gasteiger charge is 2.25. The Bertz CT molecular complexity index is 1070. The van der Waals surface area contributed by atoms with Gasteiger partial charge in [-0.25, -0.2) is 4.98 Å². The Morgan fingerprint density at radius 3 is 2.58 bits per heavy atom. The number of amides is 1. The van der Waals surface area contributed by atoms with Gasteiger partial charge in [0.2, 0.25) is 0 Å². The van der Waals surface area contributed by atoms with Gasteiger partial charge in [0, 0.05) is 27.8 Å². The fraction of sp³-hybridized carbons (Fsp3) is 0. The number of rotatable bonds is 2. The first-order valence-corrected chi connectivity index (χ1v) is 9.96. The summed E-state index contributed by atoms with van der Waals surface area (Å²) in [6.45, 7) is 0. The molecule has 5 nitrogen and oxygen atoms in total. The van der Waals surface area contributed by atoms with Crippen LogP contribution in [-0.2, 0) is 4.79 Å². The fourth-order valence-corrected chi connectivity index (χ4v) is 4.54. The van der Waals surface area contributed by atoms with E-state index in [1.165, 1.54) is 11.3 Å². The molecular formula is C18H11Br2N3O2S. The van der Waals surface area contributed by atoms with Gasteiger partial charge in [-0.2, -0.15) is 0 Å². The number of halogens is 2. The van der Waals surface area contributed by atoms with Gasteiger partial charge in [-0.15, -0.1) is 11.3 Å². The summed E-state index contributed by atoms with van der Waals surface area (Å²) in [6.07, 6.45) is 1.79. The lowest BCUT2D eigenvalue weighted by molar-refractivity contribution is -0.110. The number of hydrogen-bond acceptors (Lipinski definition) is 5. The number of benzene rings is 2. The van der Waals surface area contributed by atoms with Crippen LogP contribution in [0.4, 0.5) is 10.8 Å². The van der Waals surface area contributed by atoms with E-state index in [-0.39, 0.29) is 11.7 Å². The molecule has 1 aromatic heterocycles. The van der Waals surface area contributed by atoms with Gasteiger partial charge in [0.15, 0.2) is 5.13 Å². The molecule has 26 heavy (non-hydrogen) atoms. The zero-order valence-corrected chi connectivity index (χ0v) is 17.1. The highest BCUT2D eigenvalue weighted by atomic mass is 79.9. The molecule has 2 aromatic carbocycles. The summed E-state index contributed by atoms with van der Waals surface area (Å²) < 4.78 is 1.09. The molecule has 130 valence electrons. The molecule has 0 radical (unpaired) electrons. The average Bonchev–Trinajstić information content (AvgIpc) is 3.16. The Balaban J connectivity index is 1.81. The highest BCUT2D eigenvalue weighted by molar-refractivity contribution is 9.11. The van der Waals surface area contributed by atoms with Crippen LogP contribution in [0.25, 0.3) is 22.9 Å². The number of hydrogen-bond donors (Lipinski definition) is 3. The molecule has 0 bridgehead atoms. The van der Waals surface area contributed by atoms with Gasteiger partial charge in [0.25, 0.3) is 5.91 Å². The molecule has 0 saturated carbocycles. The Morgan fingerprint density at radius 2 is 1.92 bits per heavy atom. The van der Waals surface area contributed by atoms with Crippen molar-refractivity contribution >= 4 is 71.6 Å². The second-order valence-corrected chi connectivity index (χ2v) is 8.27. The van der Waals surface area contributed by atoms with Gasteiger partial charge >= 0.3 is 0 Å². The molecule has 0 atom stereocenters. The number of aromatic nitrogens is 1. The first kappa shape index (κ1) is 17.3. The number of thiazole rings is 1. The van der Waals surface area contributed by atoms with Crippen LogP contribution in [0.3, 0.4) is 0 Å². The smallest absolute Gasteiger partial charge is 0.256 e. The van der Waals surface area contributed by atoms with Crippen LogP contribution in [0.15, 0.2) is 44.7 Å². The van der Waals surface area contributed by atoms with Crippen molar-refractivity contribution in [2.75, 3.05) is 11.1 Å². The number of nitrogens with two attached hydrogens (primary N) is 1. The summed E-state index contributed by atoms with van der Waals surface area (Å²) in [5.41, 5.74) is 10.3. The Morgan fingerprint density at radius 1 is 1.19 bits per heavy atom. The summed E-state index contributed by atoms with van der Waals surface area (Å²) in [7, 11) is 0. The predicted molar refractivity (Wildman–Crippen MR) is 112 cm³/mol. The quantitative estimate of drug-likeness (QED) is 0.433. The van der Waals surface area contributed by atoms with E-state index in [4.69, 9.17) is 5.73 Å². The monoisotopic (exact) mass is 491 g/mol. The topological polar surface area (TPSA) is 88.2 Å². The van der Waals surface area contributed by atoms with E-state index in [0.717, 1.165) is 28.1 Å². The standard InChI is InChI=1S/C18H11Br2N3O2S/c19-12-4-8(5-13(20)16(12)24)3-11-10-6-9(15-7-26-18(21)23-15)1-2-14(10)22-17(11)25/h1-7,24H,(H2,21,23)(H,22,25)/b11-3+. The largest absolute Gasteiger partial charge is 0.506 e. The molecule has 1 amide bonds. The minimum atomic E-state index is -0.171. The summed E-state index contributed by atoms with van der Waals surface area (Å²) in [4.78, 5) is 16.7. The first-order chi connectivity index (χ1) is 12.4. The van der Waals surface area contributed by atoms with Gasteiger partial charge in [0.1, 0.15) is 5.75 Å². The van der Waals surface area contributed by atoms with Crippen molar-refractivity contribution in [3.05, 3.63) is 55.8 Å². The van der Waals surface area contributed by atoms with Crippen LogP contribution in [0.5, 0.6) is 5.75 Å². The SMILES string of the molecule is Nc1nc(-c2ccc3c(c2)/C(=C\c2cc(Br)c(O)c(Br)c2)C(=O)N3)cs1. The number of phenols is 1. The second-order valence-electron chi connectivity index (χ2n) is 5.68. The normalized spacial score (nSPS) is 14.5. The number of nitrogens with one attached hydrogen (secondary N) is 1. The molecule has 8 heteroatoms. The number of nitrogens with zero attached hydrogens (tertiary/aromatic N) is 1. The molecule has 4 rings (SSSR count). The summed E-state index contributed by atoms with van der Waals surface area (Å²) in [5.74, 6) is -0.0536. The molecule has 0 unspecified atom stereocenters. The first-order valence-electron chi connectivity index (χ1n) is 7.49. The maximum atomic E-state index is 12.4. The van der Waals surface area contributed by atoms with Crippen LogP contribution < -0.4 is 11.1 Å². The highest BCUT2D eigenvalue weighted by Crippen LogP contribution is 2.38. The lowest BCUT2D eigenvalue weighted by atomic mass is 10.0. The third-order valence-corrected chi connectivity index (χ3v) is 5.85. The number of aromatic hydroxyl groups is 1. The van der Waals surface area contributed by atoms with Crippen LogP contribution in [0.2, 0.25) is 0 Å². The third kappa shape index (κ3) is 3.04. The zero-order chi connectivity index (χ0) is 18.4. The van der Waals surface area contributed by atoms with E-state index in [1.54, 1.807) is 18.2 Å². The lowest BCUT2D eigenvalue weighted by Crippen LogP contribution is -2.03. The predicted octanol–water partition coefficient (Wildman–Crippen LogP) is 5.12. The molecule has 1 aliphatic rings. The Hall–Kier alpha value is -2.16. The minimum absolute atomic E-state index is 0.117. The number of fused-ring (bicyclic) bond motifs is 1. The van der Waals surface area contributed by atoms with Gasteiger partial charge in [-0.3, -0.25) is 4.79 Å². The fourth-order valence-electron chi connectivity index (χ4n) is 2.75. The third-order valence-electron chi connectivity index (χ3n) is 3.97. The van der Waals surface area contributed by atoms with E-state index >= 15 is 0 Å². The molecule has 1 aliphatic heterocycles. The Kier molecular flexibility index (Phi) is 4.34. The number of phenolic OH excluding ortho intramolecular Hbond substituents is 1. The van der Waals surface area contributed by atoms with Crippen molar-refractivity contribution in [1.29, 1.82) is 0 Å².